The minimum Gasteiger partial charge on any atom is -0.386 e. The quantitative estimate of drug-likeness (QED) is 0.860. The molecule has 1 aliphatic heterocycles. The number of hydrogen-bond acceptors (Lipinski definition) is 5. The van der Waals surface area contributed by atoms with Gasteiger partial charge >= 0.3 is 0 Å². The van der Waals surface area contributed by atoms with E-state index in [0.717, 1.165) is 43.7 Å². The van der Waals surface area contributed by atoms with E-state index >= 15 is 0 Å². The first-order valence-corrected chi connectivity index (χ1v) is 9.63. The molecule has 0 saturated heterocycles. The normalized spacial score (nSPS) is 21.8. The van der Waals surface area contributed by atoms with Crippen LogP contribution in [0.5, 0.6) is 0 Å². The first kappa shape index (κ1) is 15.0. The lowest BCUT2D eigenvalue weighted by molar-refractivity contribution is 0.148. The Balaban J connectivity index is 1.69. The first-order valence-electron chi connectivity index (χ1n) is 7.57. The molecule has 1 atom stereocenters. The van der Waals surface area contributed by atoms with E-state index in [2.05, 4.69) is 10.00 Å². The molecule has 1 saturated carbocycles. The van der Waals surface area contributed by atoms with Gasteiger partial charge in [0.15, 0.2) is 0 Å². The third-order valence-corrected chi connectivity index (χ3v) is 5.19. The Morgan fingerprint density at radius 2 is 2.19 bits per heavy atom. The summed E-state index contributed by atoms with van der Waals surface area (Å²) in [6, 6.07) is 1.99. The van der Waals surface area contributed by atoms with Crippen molar-refractivity contribution in [3.05, 3.63) is 17.5 Å². The molecule has 6 nitrogen and oxygen atoms in total. The maximum absolute atomic E-state index is 11.3. The Morgan fingerprint density at radius 1 is 1.43 bits per heavy atom. The van der Waals surface area contributed by atoms with E-state index in [0.29, 0.717) is 19.0 Å². The minimum absolute atomic E-state index is 0.193. The third kappa shape index (κ3) is 3.84. The van der Waals surface area contributed by atoms with E-state index in [-0.39, 0.29) is 5.75 Å². The van der Waals surface area contributed by atoms with E-state index in [1.54, 1.807) is 0 Å². The standard InChI is InChI=1S/C14H23N3O3S/c1-21(19,20)8-7-16-5-2-6-17-12(10-16)9-13(15-17)14(18)11-3-4-11/h9,11,14,18H,2-8,10H2,1H3. The van der Waals surface area contributed by atoms with Gasteiger partial charge < -0.3 is 5.11 Å². The predicted octanol–water partition coefficient (Wildman–Crippen LogP) is 0.577. The molecule has 1 aliphatic carbocycles. The summed E-state index contributed by atoms with van der Waals surface area (Å²) in [5.41, 5.74) is 1.85. The molecule has 2 heterocycles. The molecule has 0 radical (unpaired) electrons. The molecule has 2 aliphatic rings. The number of aromatic nitrogens is 2. The second kappa shape index (κ2) is 5.70. The zero-order valence-electron chi connectivity index (χ0n) is 12.4. The van der Waals surface area contributed by atoms with Crippen LogP contribution in [0.2, 0.25) is 0 Å². The molecule has 0 bridgehead atoms. The van der Waals surface area contributed by atoms with Crippen LogP contribution in [0.15, 0.2) is 6.07 Å². The molecule has 1 unspecified atom stereocenters. The summed E-state index contributed by atoms with van der Waals surface area (Å²) in [7, 11) is -2.93. The fraction of sp³-hybridized carbons (Fsp3) is 0.786. The number of hydrogen-bond donors (Lipinski definition) is 1. The summed E-state index contributed by atoms with van der Waals surface area (Å²) >= 11 is 0. The van der Waals surface area contributed by atoms with E-state index in [1.807, 2.05) is 10.7 Å². The number of aliphatic hydroxyl groups excluding tert-OH is 1. The minimum atomic E-state index is -2.93. The second-order valence-corrected chi connectivity index (χ2v) is 8.59. The molecule has 7 heteroatoms. The monoisotopic (exact) mass is 313 g/mol. The number of fused-ring (bicyclic) bond motifs is 1. The summed E-state index contributed by atoms with van der Waals surface area (Å²) in [6.07, 6.45) is 3.97. The Hall–Kier alpha value is -0.920. The van der Waals surface area contributed by atoms with Crippen LogP contribution >= 0.6 is 0 Å². The lowest BCUT2D eigenvalue weighted by Gasteiger charge is -2.18. The van der Waals surface area contributed by atoms with Gasteiger partial charge in [0, 0.05) is 32.4 Å². The highest BCUT2D eigenvalue weighted by atomic mass is 32.2. The van der Waals surface area contributed by atoms with Crippen LogP contribution in [0, 0.1) is 5.92 Å². The third-order valence-electron chi connectivity index (χ3n) is 4.26. The van der Waals surface area contributed by atoms with Gasteiger partial charge in [0.25, 0.3) is 0 Å². The van der Waals surface area contributed by atoms with E-state index in [9.17, 15) is 13.5 Å². The summed E-state index contributed by atoms with van der Waals surface area (Å²) < 4.78 is 24.6. The van der Waals surface area contributed by atoms with Crippen molar-refractivity contribution >= 4 is 9.84 Å². The van der Waals surface area contributed by atoms with Gasteiger partial charge in [0.2, 0.25) is 0 Å². The number of nitrogens with zero attached hydrogens (tertiary/aromatic N) is 3. The molecular weight excluding hydrogens is 290 g/mol. The van der Waals surface area contributed by atoms with Crippen molar-refractivity contribution in [3.63, 3.8) is 0 Å². The Morgan fingerprint density at radius 3 is 2.86 bits per heavy atom. The van der Waals surface area contributed by atoms with Crippen LogP contribution < -0.4 is 0 Å². The average Bonchev–Trinajstić information content (AvgIpc) is 3.20. The molecule has 1 aromatic rings. The van der Waals surface area contributed by atoms with Crippen LogP contribution in [-0.4, -0.2) is 53.3 Å². The lowest BCUT2D eigenvalue weighted by atomic mass is 10.1. The van der Waals surface area contributed by atoms with Crippen molar-refractivity contribution in [2.75, 3.05) is 25.1 Å². The fourth-order valence-electron chi connectivity index (χ4n) is 2.83. The fourth-order valence-corrected chi connectivity index (χ4v) is 3.42. The molecule has 0 spiro atoms. The molecule has 1 fully saturated rings. The number of rotatable bonds is 5. The van der Waals surface area contributed by atoms with Crippen LogP contribution in [0.3, 0.4) is 0 Å². The maximum Gasteiger partial charge on any atom is 0.148 e. The van der Waals surface area contributed by atoms with Gasteiger partial charge in [-0.1, -0.05) is 0 Å². The van der Waals surface area contributed by atoms with E-state index < -0.39 is 15.9 Å². The number of aliphatic hydroxyl groups is 1. The smallest absolute Gasteiger partial charge is 0.148 e. The second-order valence-electron chi connectivity index (χ2n) is 6.33. The zero-order chi connectivity index (χ0) is 15.0. The molecule has 0 amide bonds. The van der Waals surface area contributed by atoms with Crippen molar-refractivity contribution in [2.45, 2.75) is 38.5 Å². The maximum atomic E-state index is 11.3. The molecule has 1 N–H and O–H groups in total. The van der Waals surface area contributed by atoms with E-state index in [4.69, 9.17) is 0 Å². The number of aryl methyl sites for hydroxylation is 1. The van der Waals surface area contributed by atoms with Gasteiger partial charge in [0.1, 0.15) is 15.9 Å². The van der Waals surface area contributed by atoms with Crippen molar-refractivity contribution in [1.29, 1.82) is 0 Å². The average molecular weight is 313 g/mol. The summed E-state index contributed by atoms with van der Waals surface area (Å²) in [5, 5.41) is 14.7. The highest BCUT2D eigenvalue weighted by Crippen LogP contribution is 2.40. The highest BCUT2D eigenvalue weighted by molar-refractivity contribution is 7.90. The van der Waals surface area contributed by atoms with E-state index in [1.165, 1.54) is 6.26 Å². The SMILES string of the molecule is CS(=O)(=O)CCN1CCCn2nc(C(O)C3CC3)cc2C1. The Labute approximate surface area is 125 Å². The predicted molar refractivity (Wildman–Crippen MR) is 79.5 cm³/mol. The summed E-state index contributed by atoms with van der Waals surface area (Å²) in [5.74, 6) is 0.573. The van der Waals surface area contributed by atoms with Crippen LogP contribution in [-0.2, 0) is 22.9 Å². The van der Waals surface area contributed by atoms with Gasteiger partial charge in [0.05, 0.1) is 17.1 Å². The Bertz CT molecular complexity index is 607. The van der Waals surface area contributed by atoms with Gasteiger partial charge in [-0.15, -0.1) is 0 Å². The van der Waals surface area contributed by atoms with Crippen LogP contribution in [0.4, 0.5) is 0 Å². The summed E-state index contributed by atoms with van der Waals surface area (Å²) in [6.45, 7) is 2.99. The van der Waals surface area contributed by atoms with Gasteiger partial charge in [-0.2, -0.15) is 5.10 Å². The topological polar surface area (TPSA) is 75.4 Å². The van der Waals surface area contributed by atoms with Crippen LogP contribution in [0.1, 0.15) is 36.8 Å². The van der Waals surface area contributed by atoms with Crippen molar-refractivity contribution in [2.24, 2.45) is 5.92 Å². The van der Waals surface area contributed by atoms with Gasteiger partial charge in [-0.25, -0.2) is 8.42 Å². The lowest BCUT2D eigenvalue weighted by Crippen LogP contribution is -2.29. The molecule has 21 heavy (non-hydrogen) atoms. The van der Waals surface area contributed by atoms with Gasteiger partial charge in [-0.3, -0.25) is 9.58 Å². The zero-order valence-corrected chi connectivity index (χ0v) is 13.2. The molecule has 1 aromatic heterocycles. The molecule has 3 rings (SSSR count). The van der Waals surface area contributed by atoms with Crippen LogP contribution in [0.25, 0.3) is 0 Å². The Kier molecular flexibility index (Phi) is 4.07. The first-order chi connectivity index (χ1) is 9.92. The van der Waals surface area contributed by atoms with Gasteiger partial charge in [-0.05, 0) is 31.2 Å². The van der Waals surface area contributed by atoms with Crippen molar-refractivity contribution in [1.82, 2.24) is 14.7 Å². The van der Waals surface area contributed by atoms with Crippen molar-refractivity contribution < 1.29 is 13.5 Å². The highest BCUT2D eigenvalue weighted by Gasteiger charge is 2.33. The summed E-state index contributed by atoms with van der Waals surface area (Å²) in [4.78, 5) is 2.16. The number of sulfone groups is 1. The van der Waals surface area contributed by atoms with Crippen molar-refractivity contribution in [3.8, 4) is 0 Å². The molecular formula is C14H23N3O3S. The molecule has 0 aromatic carbocycles. The molecule has 118 valence electrons. The largest absolute Gasteiger partial charge is 0.386 e.